The number of ether oxygens (including phenoxy) is 2. The number of methoxy groups -OCH3 is 1. The molecule has 1 heterocycles. The Labute approximate surface area is 245 Å². The summed E-state index contributed by atoms with van der Waals surface area (Å²) in [6, 6.07) is 7.65. The van der Waals surface area contributed by atoms with Gasteiger partial charge in [0.2, 0.25) is 11.8 Å². The van der Waals surface area contributed by atoms with E-state index in [2.05, 4.69) is 10.6 Å². The number of amides is 2. The Balaban J connectivity index is 1.94. The Morgan fingerprint density at radius 3 is 2.35 bits per heavy atom. The monoisotopic (exact) mass is 635 g/mol. The summed E-state index contributed by atoms with van der Waals surface area (Å²) in [5.41, 5.74) is -1.14. The first-order valence-corrected chi connectivity index (χ1v) is 13.4. The maximum Gasteiger partial charge on any atom is 0.417 e. The molecule has 0 radical (unpaired) electrons. The summed E-state index contributed by atoms with van der Waals surface area (Å²) < 4.78 is 49.6. The third-order valence-corrected chi connectivity index (χ3v) is 7.46. The molecule has 2 amide bonds. The number of carbonyl (C=O) groups excluding carboxylic acids is 3. The minimum atomic E-state index is -4.73. The van der Waals surface area contributed by atoms with E-state index < -0.39 is 52.1 Å². The molecule has 1 aliphatic rings. The zero-order chi connectivity index (χ0) is 29.8. The minimum absolute atomic E-state index is 0.0407. The van der Waals surface area contributed by atoms with Crippen LogP contribution in [0.3, 0.4) is 0 Å². The van der Waals surface area contributed by atoms with Gasteiger partial charge in [-0.3, -0.25) is 14.4 Å². The summed E-state index contributed by atoms with van der Waals surface area (Å²) in [5, 5.41) is 14.4. The molecule has 0 saturated carbocycles. The van der Waals surface area contributed by atoms with Crippen molar-refractivity contribution in [2.24, 2.45) is 5.92 Å². The Bertz CT molecular complexity index is 1410. The van der Waals surface area contributed by atoms with Crippen LogP contribution in [0.1, 0.15) is 24.0 Å². The quantitative estimate of drug-likeness (QED) is 0.263. The van der Waals surface area contributed by atoms with Crippen LogP contribution in [0.25, 0.3) is 0 Å². The summed E-state index contributed by atoms with van der Waals surface area (Å²) in [6.45, 7) is 1.98. The zero-order valence-corrected chi connectivity index (χ0v) is 23.7. The molecule has 1 aliphatic heterocycles. The van der Waals surface area contributed by atoms with Crippen LogP contribution in [-0.4, -0.2) is 37.3 Å². The average Bonchev–Trinajstić information content (AvgIpc) is 2.89. The zero-order valence-electron chi connectivity index (χ0n) is 20.6. The van der Waals surface area contributed by atoms with Crippen molar-refractivity contribution in [1.29, 1.82) is 5.26 Å². The number of nitrogens with one attached hydrogen (secondary N) is 2. The van der Waals surface area contributed by atoms with Crippen molar-refractivity contribution < 1.29 is 37.0 Å². The molecule has 0 saturated heterocycles. The normalized spacial score (nSPS) is 17.1. The number of nitriles is 1. The minimum Gasteiger partial charge on any atom is -0.491 e. The van der Waals surface area contributed by atoms with Crippen LogP contribution in [0.4, 0.5) is 18.9 Å². The first-order valence-electron chi connectivity index (χ1n) is 11.3. The molecule has 0 spiro atoms. The topological polar surface area (TPSA) is 118 Å². The fourth-order valence-corrected chi connectivity index (χ4v) is 5.56. The van der Waals surface area contributed by atoms with E-state index in [0.29, 0.717) is 6.07 Å². The number of esters is 1. The van der Waals surface area contributed by atoms with E-state index in [4.69, 9.17) is 44.3 Å². The molecule has 2 aromatic carbocycles. The number of hydrogen-bond donors (Lipinski definition) is 2. The molecular formula is C25H19Cl3F3N3O5S. The van der Waals surface area contributed by atoms with Crippen LogP contribution in [0.2, 0.25) is 15.1 Å². The molecule has 0 bridgehead atoms. The van der Waals surface area contributed by atoms with E-state index >= 15 is 0 Å². The van der Waals surface area contributed by atoms with E-state index in [1.54, 1.807) is 6.92 Å². The van der Waals surface area contributed by atoms with Crippen LogP contribution in [-0.2, 0) is 25.3 Å². The number of anilines is 1. The lowest BCUT2D eigenvalue weighted by Gasteiger charge is -2.31. The lowest BCUT2D eigenvalue weighted by Crippen LogP contribution is -2.44. The molecular weight excluding hydrogens is 618 g/mol. The van der Waals surface area contributed by atoms with Gasteiger partial charge in [-0.05, 0) is 42.8 Å². The van der Waals surface area contributed by atoms with E-state index in [1.807, 2.05) is 6.07 Å². The molecule has 2 N–H and O–H groups in total. The summed E-state index contributed by atoms with van der Waals surface area (Å²) in [7, 11) is 1.08. The number of benzene rings is 2. The highest BCUT2D eigenvalue weighted by atomic mass is 35.5. The Morgan fingerprint density at radius 1 is 1.15 bits per heavy atom. The van der Waals surface area contributed by atoms with E-state index in [0.717, 1.165) is 24.9 Å². The van der Waals surface area contributed by atoms with Crippen LogP contribution < -0.4 is 15.4 Å². The standard InChI is InChI=1S/C25H19Cl3F3N3O5S/c1-3-39-21-16(27)6-11(7-17(21)28)19-13(9-32)23(34-22(36)20(19)24(37)38-2)40-10-18(35)33-12-4-5-15(26)14(8-12)25(29,30)31/h4-8,19-20H,3,10H2,1-2H3,(H,33,35)(H,34,36)/t19-,20-/m1/s1. The average molecular weight is 637 g/mol. The lowest BCUT2D eigenvalue weighted by atomic mass is 9.78. The maximum absolute atomic E-state index is 13.1. The molecule has 212 valence electrons. The van der Waals surface area contributed by atoms with Crippen LogP contribution in [0.15, 0.2) is 40.9 Å². The van der Waals surface area contributed by atoms with Crippen molar-refractivity contribution >= 4 is 70.0 Å². The highest BCUT2D eigenvalue weighted by Gasteiger charge is 2.45. The number of halogens is 6. The van der Waals surface area contributed by atoms with E-state index in [-0.39, 0.29) is 44.3 Å². The number of hydrogen-bond acceptors (Lipinski definition) is 7. The van der Waals surface area contributed by atoms with Gasteiger partial charge in [-0.15, -0.1) is 0 Å². The SMILES string of the molecule is CCOc1c(Cl)cc([C@@H]2C(C#N)=C(SCC(=O)Nc3ccc(Cl)c(C(F)(F)F)c3)NC(=O)[C@@H]2C(=O)OC)cc1Cl. The van der Waals surface area contributed by atoms with Gasteiger partial charge in [-0.1, -0.05) is 46.6 Å². The smallest absolute Gasteiger partial charge is 0.417 e. The van der Waals surface area contributed by atoms with Crippen LogP contribution in [0.5, 0.6) is 5.75 Å². The molecule has 2 aromatic rings. The van der Waals surface area contributed by atoms with Gasteiger partial charge < -0.3 is 20.1 Å². The number of carbonyl (C=O) groups is 3. The summed E-state index contributed by atoms with van der Waals surface area (Å²) in [4.78, 5) is 38.2. The highest BCUT2D eigenvalue weighted by Crippen LogP contribution is 2.44. The number of rotatable bonds is 8. The van der Waals surface area contributed by atoms with Gasteiger partial charge in [0.25, 0.3) is 0 Å². The fraction of sp³-hybridized carbons (Fsp3) is 0.280. The summed E-state index contributed by atoms with van der Waals surface area (Å²) >= 11 is 19.0. The first kappa shape index (κ1) is 31.4. The van der Waals surface area contributed by atoms with Gasteiger partial charge >= 0.3 is 12.1 Å². The van der Waals surface area contributed by atoms with Crippen molar-refractivity contribution in [1.82, 2.24) is 5.32 Å². The number of nitrogens with zero attached hydrogens (tertiary/aromatic N) is 1. The largest absolute Gasteiger partial charge is 0.491 e. The second-order valence-electron chi connectivity index (χ2n) is 8.10. The van der Waals surface area contributed by atoms with Crippen LogP contribution >= 0.6 is 46.6 Å². The molecule has 15 heteroatoms. The third-order valence-electron chi connectivity index (χ3n) is 5.56. The van der Waals surface area contributed by atoms with Gasteiger partial charge in [0, 0.05) is 11.6 Å². The van der Waals surface area contributed by atoms with Crippen LogP contribution in [0, 0.1) is 17.2 Å². The van der Waals surface area contributed by atoms with Gasteiger partial charge in [0.1, 0.15) is 5.92 Å². The Kier molecular flexibility index (Phi) is 10.2. The Hall–Kier alpha value is -3.11. The van der Waals surface area contributed by atoms with Gasteiger partial charge in [0.15, 0.2) is 5.75 Å². The number of allylic oxidation sites excluding steroid dienone is 1. The number of alkyl halides is 3. The summed E-state index contributed by atoms with van der Waals surface area (Å²) in [5.74, 6) is -5.39. The first-order chi connectivity index (χ1) is 18.8. The third kappa shape index (κ3) is 6.96. The highest BCUT2D eigenvalue weighted by molar-refractivity contribution is 8.03. The van der Waals surface area contributed by atoms with Crippen molar-refractivity contribution in [2.75, 3.05) is 24.8 Å². The predicted octanol–water partition coefficient (Wildman–Crippen LogP) is 6.17. The maximum atomic E-state index is 13.1. The molecule has 3 rings (SSSR count). The number of thioether (sulfide) groups is 1. The fourth-order valence-electron chi connectivity index (χ4n) is 3.88. The van der Waals surface area contributed by atoms with Crippen molar-refractivity contribution in [3.8, 4) is 11.8 Å². The van der Waals surface area contributed by atoms with Crippen molar-refractivity contribution in [3.63, 3.8) is 0 Å². The second kappa shape index (κ2) is 13.0. The van der Waals surface area contributed by atoms with Gasteiger partial charge in [-0.25, -0.2) is 0 Å². The molecule has 8 nitrogen and oxygen atoms in total. The lowest BCUT2D eigenvalue weighted by molar-refractivity contribution is -0.150. The van der Waals surface area contributed by atoms with Crippen molar-refractivity contribution in [3.05, 3.63) is 67.1 Å². The second-order valence-corrected chi connectivity index (χ2v) is 10.3. The Morgan fingerprint density at radius 2 is 1.80 bits per heavy atom. The molecule has 0 aromatic heterocycles. The predicted molar refractivity (Wildman–Crippen MR) is 144 cm³/mol. The molecule has 40 heavy (non-hydrogen) atoms. The van der Waals surface area contributed by atoms with Gasteiger partial charge in [-0.2, -0.15) is 18.4 Å². The molecule has 0 fully saturated rings. The molecule has 0 aliphatic carbocycles. The van der Waals surface area contributed by atoms with E-state index in [9.17, 15) is 32.8 Å². The molecule has 2 atom stereocenters. The van der Waals surface area contributed by atoms with Crippen molar-refractivity contribution in [2.45, 2.75) is 19.0 Å². The van der Waals surface area contributed by atoms with E-state index in [1.165, 1.54) is 18.2 Å². The summed E-state index contributed by atoms with van der Waals surface area (Å²) in [6.07, 6.45) is -4.73. The molecule has 0 unspecified atom stereocenters. The van der Waals surface area contributed by atoms with Gasteiger partial charge in [0.05, 0.1) is 56.8 Å².